The molecule has 20 heavy (non-hydrogen) atoms. The van der Waals surface area contributed by atoms with Crippen LogP contribution in [0.3, 0.4) is 0 Å². The van der Waals surface area contributed by atoms with Crippen LogP contribution in [0, 0.1) is 6.92 Å². The molecule has 1 N–H and O–H groups in total. The van der Waals surface area contributed by atoms with Gasteiger partial charge in [-0.2, -0.15) is 0 Å². The second kappa shape index (κ2) is 5.57. The fourth-order valence-electron chi connectivity index (χ4n) is 2.83. The van der Waals surface area contributed by atoms with Crippen LogP contribution in [0.1, 0.15) is 41.6 Å². The quantitative estimate of drug-likeness (QED) is 0.816. The summed E-state index contributed by atoms with van der Waals surface area (Å²) in [6, 6.07) is 9.32. The largest absolute Gasteiger partial charge is 0.377 e. The summed E-state index contributed by atoms with van der Waals surface area (Å²) < 4.78 is 0.910. The zero-order valence-corrected chi connectivity index (χ0v) is 13.5. The third kappa shape index (κ3) is 2.73. The minimum atomic E-state index is 0.295. The van der Waals surface area contributed by atoms with E-state index in [0.29, 0.717) is 6.04 Å². The molecular weight excluding hydrogens is 312 g/mol. The van der Waals surface area contributed by atoms with Crippen molar-refractivity contribution in [1.82, 2.24) is 4.98 Å². The van der Waals surface area contributed by atoms with Crippen molar-refractivity contribution >= 4 is 21.6 Å². The Morgan fingerprint density at radius 3 is 2.80 bits per heavy atom. The number of hydrogen-bond donors (Lipinski definition) is 1. The molecule has 104 valence electrons. The molecule has 3 heteroatoms. The van der Waals surface area contributed by atoms with E-state index in [1.807, 2.05) is 6.20 Å². The lowest BCUT2D eigenvalue weighted by Crippen LogP contribution is -2.07. The molecule has 1 unspecified atom stereocenters. The molecule has 0 aliphatic heterocycles. The molecule has 1 aromatic heterocycles. The van der Waals surface area contributed by atoms with Gasteiger partial charge in [0, 0.05) is 6.04 Å². The number of aryl methyl sites for hydroxylation is 3. The Morgan fingerprint density at radius 1 is 1.20 bits per heavy atom. The highest BCUT2D eigenvalue weighted by Crippen LogP contribution is 2.27. The zero-order valence-electron chi connectivity index (χ0n) is 11.9. The lowest BCUT2D eigenvalue weighted by atomic mass is 10.0. The maximum Gasteiger partial charge on any atom is 0.109 e. The van der Waals surface area contributed by atoms with Crippen molar-refractivity contribution in [2.45, 2.75) is 39.2 Å². The number of hydrogen-bond acceptors (Lipinski definition) is 2. The summed E-state index contributed by atoms with van der Waals surface area (Å²) >= 11 is 3.44. The van der Waals surface area contributed by atoms with Crippen LogP contribution in [-0.4, -0.2) is 4.98 Å². The van der Waals surface area contributed by atoms with Gasteiger partial charge < -0.3 is 5.32 Å². The average Bonchev–Trinajstić information content (AvgIpc) is 2.90. The van der Waals surface area contributed by atoms with Gasteiger partial charge in [-0.3, -0.25) is 0 Å². The normalized spacial score (nSPS) is 14.9. The van der Waals surface area contributed by atoms with E-state index in [0.717, 1.165) is 15.9 Å². The summed E-state index contributed by atoms with van der Waals surface area (Å²) in [4.78, 5) is 4.34. The molecule has 3 rings (SSSR count). The average molecular weight is 331 g/mol. The van der Waals surface area contributed by atoms with Crippen LogP contribution in [0.4, 0.5) is 5.69 Å². The summed E-state index contributed by atoms with van der Waals surface area (Å²) in [7, 11) is 0. The van der Waals surface area contributed by atoms with Crippen molar-refractivity contribution in [3.05, 3.63) is 57.3 Å². The summed E-state index contributed by atoms with van der Waals surface area (Å²) in [5.41, 5.74) is 6.63. The molecule has 1 heterocycles. The highest BCUT2D eigenvalue weighted by atomic mass is 79.9. The van der Waals surface area contributed by atoms with Gasteiger partial charge in [0.1, 0.15) is 4.60 Å². The Kier molecular flexibility index (Phi) is 3.79. The van der Waals surface area contributed by atoms with E-state index in [2.05, 4.69) is 64.3 Å². The number of aromatic nitrogens is 1. The first kappa shape index (κ1) is 13.6. The van der Waals surface area contributed by atoms with E-state index in [4.69, 9.17) is 0 Å². The van der Waals surface area contributed by atoms with Crippen LogP contribution < -0.4 is 5.32 Å². The number of anilines is 1. The fraction of sp³-hybridized carbons (Fsp3) is 0.353. The molecule has 0 fully saturated rings. The van der Waals surface area contributed by atoms with Crippen LogP contribution in [0.15, 0.2) is 35.1 Å². The number of rotatable bonds is 3. The molecule has 1 atom stereocenters. The van der Waals surface area contributed by atoms with Crippen molar-refractivity contribution in [2.75, 3.05) is 5.32 Å². The molecule has 0 saturated heterocycles. The molecule has 1 aromatic carbocycles. The second-order valence-electron chi connectivity index (χ2n) is 5.58. The maximum absolute atomic E-state index is 4.34. The summed E-state index contributed by atoms with van der Waals surface area (Å²) in [5, 5.41) is 3.53. The van der Waals surface area contributed by atoms with Gasteiger partial charge in [-0.1, -0.05) is 18.2 Å². The first-order chi connectivity index (χ1) is 9.63. The molecule has 0 saturated carbocycles. The van der Waals surface area contributed by atoms with Crippen LogP contribution in [0.25, 0.3) is 0 Å². The highest BCUT2D eigenvalue weighted by molar-refractivity contribution is 9.10. The smallest absolute Gasteiger partial charge is 0.109 e. The molecule has 0 amide bonds. The molecule has 0 bridgehead atoms. The van der Waals surface area contributed by atoms with Gasteiger partial charge in [-0.25, -0.2) is 4.98 Å². The van der Waals surface area contributed by atoms with Gasteiger partial charge in [0.2, 0.25) is 0 Å². The van der Waals surface area contributed by atoms with Crippen molar-refractivity contribution in [3.8, 4) is 0 Å². The Bertz CT molecular complexity index is 637. The van der Waals surface area contributed by atoms with Crippen molar-refractivity contribution in [2.24, 2.45) is 0 Å². The van der Waals surface area contributed by atoms with Crippen LogP contribution in [0.5, 0.6) is 0 Å². The SMILES string of the molecule is Cc1cc(NC(C)c2ccc3c(c2)CCC3)cnc1Br. The maximum atomic E-state index is 4.34. The van der Waals surface area contributed by atoms with Gasteiger partial charge >= 0.3 is 0 Å². The van der Waals surface area contributed by atoms with E-state index >= 15 is 0 Å². The standard InChI is InChI=1S/C17H19BrN2/c1-11-8-16(10-19-17(11)18)20-12(2)14-7-6-13-4-3-5-15(13)9-14/h6-10,12,20H,3-5H2,1-2H3. The fourth-order valence-corrected chi connectivity index (χ4v) is 3.05. The monoisotopic (exact) mass is 330 g/mol. The zero-order chi connectivity index (χ0) is 14.1. The van der Waals surface area contributed by atoms with Crippen molar-refractivity contribution < 1.29 is 0 Å². The Hall–Kier alpha value is -1.35. The van der Waals surface area contributed by atoms with Crippen LogP contribution in [0.2, 0.25) is 0 Å². The summed E-state index contributed by atoms with van der Waals surface area (Å²) in [5.74, 6) is 0. The van der Waals surface area contributed by atoms with E-state index in [-0.39, 0.29) is 0 Å². The Labute approximate surface area is 128 Å². The molecule has 0 spiro atoms. The summed E-state index contributed by atoms with van der Waals surface area (Å²) in [6.45, 7) is 4.26. The van der Waals surface area contributed by atoms with Crippen LogP contribution >= 0.6 is 15.9 Å². The number of fused-ring (bicyclic) bond motifs is 1. The lowest BCUT2D eigenvalue weighted by molar-refractivity contribution is 0.876. The third-order valence-corrected chi connectivity index (χ3v) is 4.85. The molecule has 0 radical (unpaired) electrons. The summed E-state index contributed by atoms with van der Waals surface area (Å²) in [6.07, 6.45) is 5.65. The minimum absolute atomic E-state index is 0.295. The number of benzene rings is 1. The Morgan fingerprint density at radius 2 is 2.00 bits per heavy atom. The number of pyridine rings is 1. The molecule has 2 nitrogen and oxygen atoms in total. The third-order valence-electron chi connectivity index (χ3n) is 4.02. The van der Waals surface area contributed by atoms with E-state index in [1.165, 1.54) is 36.0 Å². The van der Waals surface area contributed by atoms with E-state index < -0.39 is 0 Å². The van der Waals surface area contributed by atoms with E-state index in [1.54, 1.807) is 0 Å². The minimum Gasteiger partial charge on any atom is -0.377 e. The first-order valence-electron chi connectivity index (χ1n) is 7.14. The van der Waals surface area contributed by atoms with Crippen molar-refractivity contribution in [3.63, 3.8) is 0 Å². The van der Waals surface area contributed by atoms with Crippen LogP contribution in [-0.2, 0) is 12.8 Å². The van der Waals surface area contributed by atoms with Crippen molar-refractivity contribution in [1.29, 1.82) is 0 Å². The van der Waals surface area contributed by atoms with Gasteiger partial charge in [-0.05, 0) is 77.4 Å². The highest BCUT2D eigenvalue weighted by Gasteiger charge is 2.13. The number of nitrogens with one attached hydrogen (secondary N) is 1. The van der Waals surface area contributed by atoms with Gasteiger partial charge in [0.15, 0.2) is 0 Å². The second-order valence-corrected chi connectivity index (χ2v) is 6.33. The van der Waals surface area contributed by atoms with E-state index in [9.17, 15) is 0 Å². The molecule has 1 aliphatic rings. The van der Waals surface area contributed by atoms with Gasteiger partial charge in [-0.15, -0.1) is 0 Å². The topological polar surface area (TPSA) is 24.9 Å². The number of halogens is 1. The van der Waals surface area contributed by atoms with Gasteiger partial charge in [0.25, 0.3) is 0 Å². The van der Waals surface area contributed by atoms with Gasteiger partial charge in [0.05, 0.1) is 11.9 Å². The molecule has 1 aliphatic carbocycles. The number of nitrogens with zero attached hydrogens (tertiary/aromatic N) is 1. The molecular formula is C17H19BrN2. The molecule has 2 aromatic rings. The Balaban J connectivity index is 1.78. The first-order valence-corrected chi connectivity index (χ1v) is 7.93. The predicted molar refractivity (Wildman–Crippen MR) is 87.2 cm³/mol. The lowest BCUT2D eigenvalue weighted by Gasteiger charge is -2.17. The predicted octanol–water partition coefficient (Wildman–Crippen LogP) is 4.81.